The maximum absolute atomic E-state index is 12.0. The lowest BCUT2D eigenvalue weighted by Gasteiger charge is -2.19. The lowest BCUT2D eigenvalue weighted by Crippen LogP contribution is -2.32. The molecule has 2 N–H and O–H groups in total. The van der Waals surface area contributed by atoms with Crippen LogP contribution < -0.4 is 5.73 Å². The Labute approximate surface area is 100.0 Å². The normalized spacial score (nSPS) is 11.1. The van der Waals surface area contributed by atoms with E-state index in [1.54, 1.807) is 36.2 Å². The number of fused-ring (bicyclic) bond motifs is 1. The molecule has 0 aliphatic carbocycles. The molecule has 2 rings (SSSR count). The number of anilines is 1. The van der Waals surface area contributed by atoms with Gasteiger partial charge in [-0.2, -0.15) is 0 Å². The smallest absolute Gasteiger partial charge is 0.289 e. The van der Waals surface area contributed by atoms with Gasteiger partial charge in [-0.3, -0.25) is 4.79 Å². The standard InChI is InChI=1S/C13H16N2O2/c1-8(2)15(3)13(16)12-7-9-6-10(14)4-5-11(9)17-12/h4-8H,14H2,1-3H3. The third-order valence-corrected chi connectivity index (χ3v) is 2.85. The van der Waals surface area contributed by atoms with Gasteiger partial charge in [0.05, 0.1) is 0 Å². The van der Waals surface area contributed by atoms with Crippen LogP contribution in [0.5, 0.6) is 0 Å². The summed E-state index contributed by atoms with van der Waals surface area (Å²) in [4.78, 5) is 13.7. The van der Waals surface area contributed by atoms with E-state index in [0.717, 1.165) is 5.39 Å². The minimum absolute atomic E-state index is 0.116. The maximum Gasteiger partial charge on any atom is 0.289 e. The summed E-state index contributed by atoms with van der Waals surface area (Å²) in [6.07, 6.45) is 0. The summed E-state index contributed by atoms with van der Waals surface area (Å²) >= 11 is 0. The molecule has 4 nitrogen and oxygen atoms in total. The van der Waals surface area contributed by atoms with E-state index in [4.69, 9.17) is 10.2 Å². The van der Waals surface area contributed by atoms with Crippen molar-refractivity contribution in [3.8, 4) is 0 Å². The van der Waals surface area contributed by atoms with Crippen LogP contribution in [0.25, 0.3) is 11.0 Å². The third-order valence-electron chi connectivity index (χ3n) is 2.85. The Bertz CT molecular complexity index is 558. The highest BCUT2D eigenvalue weighted by molar-refractivity contribution is 5.96. The summed E-state index contributed by atoms with van der Waals surface area (Å²) in [5, 5.41) is 0.852. The van der Waals surface area contributed by atoms with E-state index < -0.39 is 0 Å². The molecule has 0 bridgehead atoms. The number of carbonyl (C=O) groups excluding carboxylic acids is 1. The highest BCUT2D eigenvalue weighted by atomic mass is 16.3. The van der Waals surface area contributed by atoms with Crippen LogP contribution in [0.1, 0.15) is 24.4 Å². The fourth-order valence-corrected chi connectivity index (χ4v) is 1.58. The van der Waals surface area contributed by atoms with Crippen molar-refractivity contribution in [2.75, 3.05) is 12.8 Å². The highest BCUT2D eigenvalue weighted by Crippen LogP contribution is 2.22. The monoisotopic (exact) mass is 232 g/mol. The second-order valence-electron chi connectivity index (χ2n) is 4.42. The summed E-state index contributed by atoms with van der Waals surface area (Å²) in [6.45, 7) is 3.91. The van der Waals surface area contributed by atoms with Gasteiger partial charge < -0.3 is 15.1 Å². The zero-order valence-corrected chi connectivity index (χ0v) is 10.2. The van der Waals surface area contributed by atoms with Crippen molar-refractivity contribution >= 4 is 22.6 Å². The number of hydrogen-bond acceptors (Lipinski definition) is 3. The quantitative estimate of drug-likeness (QED) is 0.809. The van der Waals surface area contributed by atoms with Crippen LogP contribution in [0.3, 0.4) is 0 Å². The molecule has 1 aromatic carbocycles. The van der Waals surface area contributed by atoms with E-state index in [2.05, 4.69) is 0 Å². The zero-order valence-electron chi connectivity index (χ0n) is 10.2. The van der Waals surface area contributed by atoms with Gasteiger partial charge in [-0.1, -0.05) is 0 Å². The molecule has 0 aliphatic heterocycles. The Morgan fingerprint density at radius 2 is 2.06 bits per heavy atom. The molecule has 90 valence electrons. The van der Waals surface area contributed by atoms with Crippen LogP contribution in [-0.2, 0) is 0 Å². The number of nitrogen functional groups attached to an aromatic ring is 1. The summed E-state index contributed by atoms with van der Waals surface area (Å²) in [6, 6.07) is 7.20. The van der Waals surface area contributed by atoms with Crippen molar-refractivity contribution in [3.63, 3.8) is 0 Å². The first-order valence-electron chi connectivity index (χ1n) is 5.55. The number of benzene rings is 1. The molecule has 0 aliphatic rings. The van der Waals surface area contributed by atoms with Crippen molar-refractivity contribution in [1.82, 2.24) is 4.90 Å². The Kier molecular flexibility index (Phi) is 2.79. The second-order valence-corrected chi connectivity index (χ2v) is 4.42. The molecule has 1 aromatic heterocycles. The van der Waals surface area contributed by atoms with Crippen molar-refractivity contribution in [2.24, 2.45) is 0 Å². The second kappa shape index (κ2) is 4.13. The minimum Gasteiger partial charge on any atom is -0.451 e. The van der Waals surface area contributed by atoms with Gasteiger partial charge in [0.25, 0.3) is 5.91 Å². The highest BCUT2D eigenvalue weighted by Gasteiger charge is 2.18. The van der Waals surface area contributed by atoms with Crippen molar-refractivity contribution < 1.29 is 9.21 Å². The van der Waals surface area contributed by atoms with Gasteiger partial charge in [0.1, 0.15) is 5.58 Å². The van der Waals surface area contributed by atoms with Gasteiger partial charge in [0.15, 0.2) is 5.76 Å². The number of amides is 1. The zero-order chi connectivity index (χ0) is 12.6. The van der Waals surface area contributed by atoms with E-state index in [0.29, 0.717) is 17.0 Å². The van der Waals surface area contributed by atoms with Crippen LogP contribution in [-0.4, -0.2) is 23.9 Å². The molecule has 0 radical (unpaired) electrons. The van der Waals surface area contributed by atoms with Gasteiger partial charge in [-0.15, -0.1) is 0 Å². The largest absolute Gasteiger partial charge is 0.451 e. The molecule has 0 saturated carbocycles. The average Bonchev–Trinajstić information content (AvgIpc) is 2.69. The van der Waals surface area contributed by atoms with Crippen LogP contribution >= 0.6 is 0 Å². The molecule has 2 aromatic rings. The van der Waals surface area contributed by atoms with Crippen molar-refractivity contribution in [2.45, 2.75) is 19.9 Å². The number of hydrogen-bond donors (Lipinski definition) is 1. The maximum atomic E-state index is 12.0. The molecule has 17 heavy (non-hydrogen) atoms. The first-order chi connectivity index (χ1) is 7.99. The molecule has 0 atom stereocenters. The summed E-state index contributed by atoms with van der Waals surface area (Å²) in [7, 11) is 1.76. The number of nitrogens with two attached hydrogens (primary N) is 1. The number of nitrogens with zero attached hydrogens (tertiary/aromatic N) is 1. The van der Waals surface area contributed by atoms with Gasteiger partial charge in [-0.05, 0) is 38.1 Å². The van der Waals surface area contributed by atoms with Gasteiger partial charge in [-0.25, -0.2) is 0 Å². The first kappa shape index (κ1) is 11.5. The van der Waals surface area contributed by atoms with Gasteiger partial charge >= 0.3 is 0 Å². The average molecular weight is 232 g/mol. The molecule has 0 saturated heterocycles. The molecule has 0 spiro atoms. The fourth-order valence-electron chi connectivity index (χ4n) is 1.58. The summed E-state index contributed by atoms with van der Waals surface area (Å²) in [5.74, 6) is 0.233. The van der Waals surface area contributed by atoms with E-state index in [-0.39, 0.29) is 11.9 Å². The van der Waals surface area contributed by atoms with E-state index >= 15 is 0 Å². The lowest BCUT2D eigenvalue weighted by atomic mass is 10.2. The van der Waals surface area contributed by atoms with E-state index in [1.165, 1.54) is 0 Å². The minimum atomic E-state index is -0.116. The summed E-state index contributed by atoms with van der Waals surface area (Å²) < 4.78 is 5.51. The topological polar surface area (TPSA) is 59.5 Å². The number of carbonyl (C=O) groups is 1. The van der Waals surface area contributed by atoms with Gasteiger partial charge in [0, 0.05) is 24.2 Å². The van der Waals surface area contributed by atoms with Crippen LogP contribution in [0.15, 0.2) is 28.7 Å². The Morgan fingerprint density at radius 1 is 1.35 bits per heavy atom. The van der Waals surface area contributed by atoms with E-state index in [9.17, 15) is 4.79 Å². The molecule has 1 heterocycles. The number of furan rings is 1. The predicted octanol–water partition coefficient (Wildman–Crippen LogP) is 2.50. The van der Waals surface area contributed by atoms with Crippen molar-refractivity contribution in [1.29, 1.82) is 0 Å². The predicted molar refractivity (Wildman–Crippen MR) is 67.9 cm³/mol. The molecule has 0 fully saturated rings. The molecular formula is C13H16N2O2. The SMILES string of the molecule is CC(C)N(C)C(=O)c1cc2cc(N)ccc2o1. The fraction of sp³-hybridized carbons (Fsp3) is 0.308. The first-order valence-corrected chi connectivity index (χ1v) is 5.55. The Balaban J connectivity index is 2.40. The van der Waals surface area contributed by atoms with Crippen LogP contribution in [0.2, 0.25) is 0 Å². The van der Waals surface area contributed by atoms with Crippen LogP contribution in [0.4, 0.5) is 5.69 Å². The molecular weight excluding hydrogens is 216 g/mol. The van der Waals surface area contributed by atoms with Crippen molar-refractivity contribution in [3.05, 3.63) is 30.0 Å². The molecule has 4 heteroatoms. The summed E-state index contributed by atoms with van der Waals surface area (Å²) in [5.41, 5.74) is 7.02. The Morgan fingerprint density at radius 3 is 2.71 bits per heavy atom. The number of rotatable bonds is 2. The molecule has 0 unspecified atom stereocenters. The Hall–Kier alpha value is -1.97. The van der Waals surface area contributed by atoms with Gasteiger partial charge in [0.2, 0.25) is 0 Å². The van der Waals surface area contributed by atoms with E-state index in [1.807, 2.05) is 13.8 Å². The molecule has 1 amide bonds. The lowest BCUT2D eigenvalue weighted by molar-refractivity contribution is 0.0725. The third kappa shape index (κ3) is 2.11. The van der Waals surface area contributed by atoms with Crippen LogP contribution in [0, 0.1) is 0 Å².